The minimum atomic E-state index is -2.74. The number of primary amides is 1. The number of ketones is 4. The molecule has 10 heteroatoms. The number of methoxy groups -OCH3 is 1. The van der Waals surface area contributed by atoms with Crippen LogP contribution in [-0.2, 0) is 32.0 Å². The molecule has 0 saturated heterocycles. The summed E-state index contributed by atoms with van der Waals surface area (Å²) in [4.78, 5) is 68.8. The van der Waals surface area contributed by atoms with E-state index in [4.69, 9.17) is 10.5 Å². The first-order valence-corrected chi connectivity index (χ1v) is 16.2. The van der Waals surface area contributed by atoms with E-state index in [9.17, 15) is 34.2 Å². The molecule has 1 amide bonds. The van der Waals surface area contributed by atoms with Crippen LogP contribution in [-0.4, -0.2) is 77.0 Å². The second-order valence-corrected chi connectivity index (χ2v) is 14.1. The molecule has 3 saturated carbocycles. The number of hydrogen-bond donors (Lipinski definition) is 3. The third-order valence-electron chi connectivity index (χ3n) is 11.2. The molecule has 3 fully saturated rings. The summed E-state index contributed by atoms with van der Waals surface area (Å²) >= 11 is 0. The van der Waals surface area contributed by atoms with Gasteiger partial charge in [0.1, 0.15) is 11.5 Å². The van der Waals surface area contributed by atoms with Crippen molar-refractivity contribution in [2.45, 2.75) is 63.5 Å². The Balaban J connectivity index is 1.41. The van der Waals surface area contributed by atoms with E-state index in [1.54, 1.807) is 27.3 Å². The molecular weight excluding hydrogens is 588 g/mol. The minimum Gasteiger partial charge on any atom is -0.507 e. The number of aromatic hydroxyl groups is 1. The van der Waals surface area contributed by atoms with Gasteiger partial charge in [-0.05, 0) is 104 Å². The van der Waals surface area contributed by atoms with Gasteiger partial charge in [-0.1, -0.05) is 31.9 Å². The molecule has 244 valence electrons. The highest BCUT2D eigenvalue weighted by atomic mass is 16.5. The average Bonchev–Trinajstić information content (AvgIpc) is 3.00. The zero-order valence-corrected chi connectivity index (χ0v) is 26.7. The lowest BCUT2D eigenvalue weighted by molar-refractivity contribution is -0.181. The number of fused-ring (bicyclic) bond motifs is 3. The Morgan fingerprint density at radius 2 is 1.74 bits per heavy atom. The first-order chi connectivity index (χ1) is 21.8. The zero-order chi connectivity index (χ0) is 33.2. The number of carbonyl (C=O) groups is 5. The summed E-state index contributed by atoms with van der Waals surface area (Å²) in [6.45, 7) is 2.29. The van der Waals surface area contributed by atoms with Crippen molar-refractivity contribution in [3.05, 3.63) is 47.0 Å². The predicted octanol–water partition coefficient (Wildman–Crippen LogP) is 2.91. The van der Waals surface area contributed by atoms with Crippen LogP contribution in [0.25, 0.3) is 11.1 Å². The fraction of sp³-hybridized carbons (Fsp3) is 0.528. The molecular formula is C36H42N2O8. The van der Waals surface area contributed by atoms with Gasteiger partial charge < -0.3 is 20.7 Å². The van der Waals surface area contributed by atoms with Crippen LogP contribution in [0.4, 0.5) is 0 Å². The van der Waals surface area contributed by atoms with E-state index in [1.165, 1.54) is 23.8 Å². The predicted molar refractivity (Wildman–Crippen MR) is 168 cm³/mol. The third kappa shape index (κ3) is 4.88. The number of amides is 1. The van der Waals surface area contributed by atoms with Gasteiger partial charge in [0.2, 0.25) is 5.91 Å². The number of Topliss-reactive ketones (excluding diaryl/α,β-unsaturated/α-hetero) is 4. The highest BCUT2D eigenvalue weighted by Crippen LogP contribution is 2.52. The first-order valence-electron chi connectivity index (χ1n) is 16.2. The van der Waals surface area contributed by atoms with Gasteiger partial charge in [0.25, 0.3) is 0 Å². The minimum absolute atomic E-state index is 0.00690. The second kappa shape index (κ2) is 11.7. The smallest absolute Gasteiger partial charge is 0.235 e. The summed E-state index contributed by atoms with van der Waals surface area (Å²) in [5, 5.41) is 22.8. The standard InChI is InChI=1S/C36H42N2O8/c1-17-5-7-18(8-6-17)13-20-14-19(9-12-26(20)46-4)22-10-11-25(39)28-23(22)15-21-16-24-30(38(2)3)32(41)29(35(37)44)34(43)36(24,45)33(42)27(21)31(28)40/h9-12,14,17-18,21,24,27,29-30,39,45H,5-8,13,15-16H2,1-4H3,(H2,37,44)/t17?,18?,21-,24-,27?,29?,30?,36-/m1/s1. The summed E-state index contributed by atoms with van der Waals surface area (Å²) in [6.07, 6.45) is 5.79. The lowest BCUT2D eigenvalue weighted by atomic mass is 9.52. The number of hydrogen-bond acceptors (Lipinski definition) is 9. The monoisotopic (exact) mass is 630 g/mol. The summed E-state index contributed by atoms with van der Waals surface area (Å²) in [5.41, 5.74) is 5.88. The van der Waals surface area contributed by atoms with Crippen molar-refractivity contribution in [1.82, 2.24) is 4.90 Å². The fourth-order valence-corrected chi connectivity index (χ4v) is 8.83. The number of benzene rings is 2. The molecule has 6 rings (SSSR count). The highest BCUT2D eigenvalue weighted by molar-refractivity contribution is 6.32. The molecule has 3 unspecified atom stereocenters. The van der Waals surface area contributed by atoms with E-state index < -0.39 is 64.4 Å². The van der Waals surface area contributed by atoms with E-state index in [-0.39, 0.29) is 24.2 Å². The van der Waals surface area contributed by atoms with E-state index >= 15 is 0 Å². The van der Waals surface area contributed by atoms with Gasteiger partial charge in [0.05, 0.1) is 24.6 Å². The van der Waals surface area contributed by atoms with Gasteiger partial charge >= 0.3 is 0 Å². The van der Waals surface area contributed by atoms with E-state index in [2.05, 4.69) is 13.0 Å². The zero-order valence-electron chi connectivity index (χ0n) is 26.7. The van der Waals surface area contributed by atoms with E-state index in [0.29, 0.717) is 11.5 Å². The van der Waals surface area contributed by atoms with Crippen molar-refractivity contribution >= 4 is 29.0 Å². The number of ether oxygens (including phenoxy) is 1. The third-order valence-corrected chi connectivity index (χ3v) is 11.2. The van der Waals surface area contributed by atoms with Crippen LogP contribution in [0.15, 0.2) is 30.3 Å². The molecule has 4 aliphatic carbocycles. The van der Waals surface area contributed by atoms with Crippen molar-refractivity contribution in [2.24, 2.45) is 41.2 Å². The van der Waals surface area contributed by atoms with Gasteiger partial charge in [-0.15, -0.1) is 0 Å². The Hall–Kier alpha value is -3.89. The molecule has 0 heterocycles. The first kappa shape index (κ1) is 32.1. The van der Waals surface area contributed by atoms with Crippen molar-refractivity contribution in [3.8, 4) is 22.6 Å². The van der Waals surface area contributed by atoms with Gasteiger partial charge in [0.15, 0.2) is 34.7 Å². The summed E-state index contributed by atoms with van der Waals surface area (Å²) < 4.78 is 5.72. The van der Waals surface area contributed by atoms with Crippen molar-refractivity contribution < 1.29 is 38.9 Å². The fourth-order valence-electron chi connectivity index (χ4n) is 8.83. The quantitative estimate of drug-likeness (QED) is 0.407. The Labute approximate surface area is 268 Å². The Bertz CT molecular complexity index is 1640. The van der Waals surface area contributed by atoms with Gasteiger partial charge in [-0.25, -0.2) is 0 Å². The molecule has 46 heavy (non-hydrogen) atoms. The maximum Gasteiger partial charge on any atom is 0.235 e. The van der Waals surface area contributed by atoms with Crippen LogP contribution < -0.4 is 10.5 Å². The Morgan fingerprint density at radius 1 is 1.04 bits per heavy atom. The molecule has 0 bridgehead atoms. The average molecular weight is 631 g/mol. The maximum atomic E-state index is 14.1. The van der Waals surface area contributed by atoms with Crippen LogP contribution in [0, 0.1) is 35.5 Å². The van der Waals surface area contributed by atoms with Crippen LogP contribution in [0.5, 0.6) is 11.5 Å². The number of nitrogens with zero attached hydrogens (tertiary/aromatic N) is 1. The van der Waals surface area contributed by atoms with Gasteiger partial charge in [-0.2, -0.15) is 0 Å². The highest BCUT2D eigenvalue weighted by Gasteiger charge is 2.69. The lowest BCUT2D eigenvalue weighted by Crippen LogP contribution is -2.74. The molecule has 2 aromatic carbocycles. The SMILES string of the molecule is COc1ccc(-c2ccc(O)c3c2C[C@@H]2C[C@@H]4C(N(C)C)C(=O)C(C(N)=O)C(=O)[C@]4(O)C(=O)C2C3=O)cc1CC1CCC(C)CC1. The second-order valence-electron chi connectivity index (χ2n) is 14.1. The number of nitrogens with two attached hydrogens (primary N) is 1. The van der Waals surface area contributed by atoms with Crippen LogP contribution in [0.3, 0.4) is 0 Å². The molecule has 0 aliphatic heterocycles. The van der Waals surface area contributed by atoms with Crippen LogP contribution in [0.2, 0.25) is 0 Å². The molecule has 10 nitrogen and oxygen atoms in total. The number of likely N-dealkylation sites (N-methyl/N-ethyl adjacent to an activating group) is 1. The van der Waals surface area contributed by atoms with E-state index in [1.807, 2.05) is 12.1 Å². The van der Waals surface area contributed by atoms with Gasteiger partial charge in [0, 0.05) is 5.92 Å². The Morgan fingerprint density at radius 3 is 2.37 bits per heavy atom. The van der Waals surface area contributed by atoms with E-state index in [0.717, 1.165) is 47.6 Å². The van der Waals surface area contributed by atoms with Crippen molar-refractivity contribution in [1.29, 1.82) is 0 Å². The summed E-state index contributed by atoms with van der Waals surface area (Å²) in [7, 11) is 4.79. The number of rotatable bonds is 6. The summed E-state index contributed by atoms with van der Waals surface area (Å²) in [6, 6.07) is 7.98. The van der Waals surface area contributed by atoms with Crippen LogP contribution >= 0.6 is 0 Å². The largest absolute Gasteiger partial charge is 0.507 e. The normalized spacial score (nSPS) is 32.5. The summed E-state index contributed by atoms with van der Waals surface area (Å²) in [5.74, 6) is -8.47. The van der Waals surface area contributed by atoms with Crippen molar-refractivity contribution in [2.75, 3.05) is 21.2 Å². The maximum absolute atomic E-state index is 14.1. The number of phenols is 1. The molecule has 2 aromatic rings. The molecule has 6 atom stereocenters. The molecule has 0 spiro atoms. The number of phenolic OH excluding ortho intramolecular Hbond substituents is 1. The van der Waals surface area contributed by atoms with Gasteiger partial charge in [-0.3, -0.25) is 28.9 Å². The molecule has 4 aliphatic rings. The Kier molecular flexibility index (Phi) is 8.17. The topological polar surface area (TPSA) is 164 Å². The molecule has 0 aromatic heterocycles. The molecule has 0 radical (unpaired) electrons. The van der Waals surface area contributed by atoms with Crippen molar-refractivity contribution in [3.63, 3.8) is 0 Å². The molecule has 4 N–H and O–H groups in total. The number of aliphatic hydroxyl groups is 1. The number of carbonyl (C=O) groups excluding carboxylic acids is 5. The lowest BCUT2D eigenvalue weighted by Gasteiger charge is -2.52. The van der Waals surface area contributed by atoms with Crippen LogP contribution in [0.1, 0.15) is 60.5 Å².